The highest BCUT2D eigenvalue weighted by Gasteiger charge is 2.36. The Kier molecular flexibility index (Phi) is 3.34. The van der Waals surface area contributed by atoms with E-state index in [0.29, 0.717) is 11.2 Å². The van der Waals surface area contributed by atoms with Crippen LogP contribution in [0.15, 0.2) is 76.1 Å². The van der Waals surface area contributed by atoms with E-state index < -0.39 is 0 Å². The summed E-state index contributed by atoms with van der Waals surface area (Å²) < 4.78 is 6.02. The standard InChI is InChI=1S/C25H19ClN2O/c1-25(2)18-9-5-3-7-15(18)17-13-14(11-12-19(17)25)22-21-16-8-4-6-10-20(16)29-23(21)28-24(26)27-22/h3-13,22H,1-2H3,(H,27,28). The molecule has 1 aliphatic heterocycles. The molecule has 1 aromatic heterocycles. The summed E-state index contributed by atoms with van der Waals surface area (Å²) in [5.41, 5.74) is 8.28. The first-order chi connectivity index (χ1) is 14.0. The van der Waals surface area contributed by atoms with Gasteiger partial charge in [0, 0.05) is 10.8 Å². The predicted molar refractivity (Wildman–Crippen MR) is 119 cm³/mol. The number of hydrogen-bond acceptors (Lipinski definition) is 3. The normalized spacial score (nSPS) is 18.6. The first kappa shape index (κ1) is 16.9. The average molecular weight is 399 g/mol. The lowest BCUT2D eigenvalue weighted by Gasteiger charge is -2.23. The lowest BCUT2D eigenvalue weighted by Crippen LogP contribution is -2.16. The maximum absolute atomic E-state index is 6.34. The quantitative estimate of drug-likeness (QED) is 0.356. The molecule has 0 saturated carbocycles. The minimum Gasteiger partial charge on any atom is -0.440 e. The van der Waals surface area contributed by atoms with Crippen molar-refractivity contribution in [3.63, 3.8) is 0 Å². The fourth-order valence-electron chi connectivity index (χ4n) is 4.88. The monoisotopic (exact) mass is 398 g/mol. The Morgan fingerprint density at radius 3 is 2.59 bits per heavy atom. The van der Waals surface area contributed by atoms with E-state index in [-0.39, 0.29) is 11.5 Å². The summed E-state index contributed by atoms with van der Waals surface area (Å²) in [7, 11) is 0. The number of amidine groups is 1. The zero-order chi connectivity index (χ0) is 19.8. The summed E-state index contributed by atoms with van der Waals surface area (Å²) in [6.45, 7) is 4.58. The first-order valence-corrected chi connectivity index (χ1v) is 10.2. The van der Waals surface area contributed by atoms with Gasteiger partial charge >= 0.3 is 0 Å². The van der Waals surface area contributed by atoms with Crippen LogP contribution in [0.3, 0.4) is 0 Å². The lowest BCUT2D eigenvalue weighted by atomic mass is 9.82. The molecule has 3 aromatic carbocycles. The Morgan fingerprint density at radius 1 is 0.931 bits per heavy atom. The maximum Gasteiger partial charge on any atom is 0.206 e. The Morgan fingerprint density at radius 2 is 1.69 bits per heavy atom. The lowest BCUT2D eigenvalue weighted by molar-refractivity contribution is 0.624. The van der Waals surface area contributed by atoms with Crippen LogP contribution in [0, 0.1) is 0 Å². The third kappa shape index (κ3) is 2.28. The molecule has 0 saturated heterocycles. The minimum absolute atomic E-state index is 0.00696. The molecule has 0 bridgehead atoms. The molecular weight excluding hydrogens is 380 g/mol. The molecule has 1 N–H and O–H groups in total. The molecule has 1 unspecified atom stereocenters. The molecule has 0 amide bonds. The number of para-hydroxylation sites is 1. The second kappa shape index (κ2) is 5.74. The SMILES string of the molecule is CC1(C)c2ccccc2-c2cc(C3N=C(Cl)Nc4oc5ccccc5c43)ccc21. The average Bonchev–Trinajstić information content (AvgIpc) is 3.20. The smallest absolute Gasteiger partial charge is 0.206 e. The maximum atomic E-state index is 6.34. The third-order valence-electron chi connectivity index (χ3n) is 6.29. The van der Waals surface area contributed by atoms with E-state index in [0.717, 1.165) is 22.1 Å². The Balaban J connectivity index is 1.58. The van der Waals surface area contributed by atoms with Gasteiger partial charge in [-0.3, -0.25) is 0 Å². The molecule has 2 heterocycles. The number of rotatable bonds is 1. The van der Waals surface area contributed by atoms with Gasteiger partial charge in [0.1, 0.15) is 11.6 Å². The molecule has 0 fully saturated rings. The molecule has 3 nitrogen and oxygen atoms in total. The van der Waals surface area contributed by atoms with Crippen molar-refractivity contribution in [3.8, 4) is 11.1 Å². The van der Waals surface area contributed by atoms with Crippen LogP contribution in [0.4, 0.5) is 5.88 Å². The van der Waals surface area contributed by atoms with Crippen LogP contribution in [-0.4, -0.2) is 5.29 Å². The van der Waals surface area contributed by atoms with Crippen molar-refractivity contribution in [2.24, 2.45) is 4.99 Å². The molecule has 29 heavy (non-hydrogen) atoms. The van der Waals surface area contributed by atoms with Crippen molar-refractivity contribution < 1.29 is 4.42 Å². The van der Waals surface area contributed by atoms with Crippen LogP contribution in [0.25, 0.3) is 22.1 Å². The summed E-state index contributed by atoms with van der Waals surface area (Å²) in [4.78, 5) is 4.74. The largest absolute Gasteiger partial charge is 0.440 e. The van der Waals surface area contributed by atoms with E-state index >= 15 is 0 Å². The minimum atomic E-state index is -0.205. The number of aliphatic imine (C=N–C) groups is 1. The summed E-state index contributed by atoms with van der Waals surface area (Å²) in [5, 5.41) is 4.49. The summed E-state index contributed by atoms with van der Waals surface area (Å²) in [5.74, 6) is 0.678. The Hall–Kier alpha value is -3.04. The topological polar surface area (TPSA) is 37.5 Å². The van der Waals surface area contributed by atoms with E-state index in [1.807, 2.05) is 18.2 Å². The van der Waals surface area contributed by atoms with E-state index in [1.54, 1.807) is 0 Å². The van der Waals surface area contributed by atoms with Crippen molar-refractivity contribution in [2.45, 2.75) is 25.3 Å². The van der Waals surface area contributed by atoms with E-state index in [4.69, 9.17) is 21.0 Å². The van der Waals surface area contributed by atoms with E-state index in [1.165, 1.54) is 22.3 Å². The number of nitrogens with zero attached hydrogens (tertiary/aromatic N) is 1. The van der Waals surface area contributed by atoms with Crippen LogP contribution in [0.1, 0.15) is 42.1 Å². The highest BCUT2D eigenvalue weighted by Crippen LogP contribution is 2.50. The van der Waals surface area contributed by atoms with Gasteiger partial charge in [-0.2, -0.15) is 0 Å². The van der Waals surface area contributed by atoms with Gasteiger partial charge in [-0.15, -0.1) is 0 Å². The number of furan rings is 1. The van der Waals surface area contributed by atoms with Crippen molar-refractivity contribution >= 4 is 33.7 Å². The van der Waals surface area contributed by atoms with Crippen LogP contribution >= 0.6 is 11.6 Å². The van der Waals surface area contributed by atoms with Gasteiger partial charge < -0.3 is 9.73 Å². The number of halogens is 1. The van der Waals surface area contributed by atoms with Crippen LogP contribution < -0.4 is 5.32 Å². The van der Waals surface area contributed by atoms with Gasteiger partial charge in [-0.25, -0.2) is 4.99 Å². The highest BCUT2D eigenvalue weighted by atomic mass is 35.5. The number of hydrogen-bond donors (Lipinski definition) is 1. The molecule has 0 spiro atoms. The van der Waals surface area contributed by atoms with Crippen molar-refractivity contribution in [1.82, 2.24) is 0 Å². The van der Waals surface area contributed by atoms with Crippen molar-refractivity contribution in [2.75, 3.05) is 5.32 Å². The summed E-state index contributed by atoms with van der Waals surface area (Å²) >= 11 is 6.34. The fourth-order valence-corrected chi connectivity index (χ4v) is 5.07. The molecule has 1 aliphatic carbocycles. The molecule has 6 rings (SSSR count). The van der Waals surface area contributed by atoms with Gasteiger partial charge in [0.05, 0.1) is 5.56 Å². The zero-order valence-electron chi connectivity index (χ0n) is 16.2. The molecule has 4 aromatic rings. The van der Waals surface area contributed by atoms with Crippen LogP contribution in [0.5, 0.6) is 0 Å². The van der Waals surface area contributed by atoms with Gasteiger partial charge in [0.15, 0.2) is 5.29 Å². The van der Waals surface area contributed by atoms with Gasteiger partial charge in [0.2, 0.25) is 5.88 Å². The third-order valence-corrected chi connectivity index (χ3v) is 6.48. The molecule has 2 aliphatic rings. The Labute approximate surface area is 174 Å². The summed E-state index contributed by atoms with van der Waals surface area (Å²) in [6, 6.07) is 23.2. The fraction of sp³-hybridized carbons (Fsp3) is 0.160. The second-order valence-electron chi connectivity index (χ2n) is 8.26. The number of anilines is 1. The zero-order valence-corrected chi connectivity index (χ0v) is 16.9. The molecule has 142 valence electrons. The Bertz CT molecular complexity index is 1330. The van der Waals surface area contributed by atoms with E-state index in [2.05, 4.69) is 67.7 Å². The number of fused-ring (bicyclic) bond motifs is 6. The van der Waals surface area contributed by atoms with Crippen LogP contribution in [-0.2, 0) is 5.41 Å². The van der Waals surface area contributed by atoms with Crippen molar-refractivity contribution in [1.29, 1.82) is 0 Å². The second-order valence-corrected chi connectivity index (χ2v) is 8.62. The number of nitrogens with one attached hydrogen (secondary N) is 1. The van der Waals surface area contributed by atoms with Crippen molar-refractivity contribution in [3.05, 3.63) is 89.0 Å². The molecule has 4 heteroatoms. The molecule has 1 atom stereocenters. The highest BCUT2D eigenvalue weighted by molar-refractivity contribution is 6.67. The number of benzene rings is 3. The molecular formula is C25H19ClN2O. The van der Waals surface area contributed by atoms with Gasteiger partial charge in [-0.1, -0.05) is 68.4 Å². The van der Waals surface area contributed by atoms with E-state index in [9.17, 15) is 0 Å². The van der Waals surface area contributed by atoms with Gasteiger partial charge in [0.25, 0.3) is 0 Å². The first-order valence-electron chi connectivity index (χ1n) is 9.80. The predicted octanol–water partition coefficient (Wildman–Crippen LogP) is 6.85. The molecule has 0 radical (unpaired) electrons. The summed E-state index contributed by atoms with van der Waals surface area (Å²) in [6.07, 6.45) is 0. The van der Waals surface area contributed by atoms with Crippen LogP contribution in [0.2, 0.25) is 0 Å². The van der Waals surface area contributed by atoms with Gasteiger partial charge in [-0.05, 0) is 51.6 Å².